The van der Waals surface area contributed by atoms with Crippen LogP contribution in [0.5, 0.6) is 0 Å². The van der Waals surface area contributed by atoms with Gasteiger partial charge in [-0.2, -0.15) is 5.26 Å². The lowest BCUT2D eigenvalue weighted by Gasteiger charge is -2.25. The van der Waals surface area contributed by atoms with Gasteiger partial charge in [-0.3, -0.25) is 0 Å². The highest BCUT2D eigenvalue weighted by Gasteiger charge is 2.13. The van der Waals surface area contributed by atoms with Crippen molar-refractivity contribution in [3.05, 3.63) is 11.8 Å². The van der Waals surface area contributed by atoms with Gasteiger partial charge in [0.15, 0.2) is 0 Å². The molecule has 0 aromatic heterocycles. The van der Waals surface area contributed by atoms with Gasteiger partial charge in [-0.1, -0.05) is 25.3 Å². The Morgan fingerprint density at radius 1 is 1.43 bits per heavy atom. The first-order valence-corrected chi connectivity index (χ1v) is 5.65. The Bertz CT molecular complexity index is 219. The number of nitrogens with one attached hydrogen (secondary N) is 1. The second-order valence-corrected chi connectivity index (χ2v) is 3.95. The molecule has 2 heteroatoms. The van der Waals surface area contributed by atoms with Gasteiger partial charge in [0.25, 0.3) is 0 Å². The smallest absolute Gasteiger partial charge is 0.0625 e. The summed E-state index contributed by atoms with van der Waals surface area (Å²) >= 11 is 0. The molecule has 0 amide bonds. The van der Waals surface area contributed by atoms with Crippen molar-refractivity contribution in [2.45, 2.75) is 57.9 Å². The number of hydrogen-bond acceptors (Lipinski definition) is 2. The van der Waals surface area contributed by atoms with Crippen molar-refractivity contribution < 1.29 is 0 Å². The molecular formula is C12H20N2. The molecule has 0 bridgehead atoms. The SMILES string of the molecule is C/C=C(/CCC#N)NC1CCCCC1. The standard InChI is InChI=1S/C12H20N2/c1-2-11(9-6-10-13)14-12-7-4-3-5-8-12/h2,12,14H,3-9H2,1H3/b11-2-. The van der Waals surface area contributed by atoms with Crippen LogP contribution in [0.2, 0.25) is 0 Å². The van der Waals surface area contributed by atoms with Crippen LogP contribution >= 0.6 is 0 Å². The Hall–Kier alpha value is -0.970. The van der Waals surface area contributed by atoms with Crippen LogP contribution in [0, 0.1) is 11.3 Å². The van der Waals surface area contributed by atoms with Gasteiger partial charge in [0.1, 0.15) is 0 Å². The maximum Gasteiger partial charge on any atom is 0.0625 e. The van der Waals surface area contributed by atoms with E-state index in [1.165, 1.54) is 37.8 Å². The Balaban J connectivity index is 2.29. The molecule has 0 unspecified atom stereocenters. The molecule has 1 saturated carbocycles. The van der Waals surface area contributed by atoms with E-state index in [2.05, 4.69) is 17.5 Å². The first-order valence-electron chi connectivity index (χ1n) is 5.65. The number of allylic oxidation sites excluding steroid dienone is 2. The predicted molar refractivity (Wildman–Crippen MR) is 58.6 cm³/mol. The van der Waals surface area contributed by atoms with Crippen molar-refractivity contribution in [3.8, 4) is 6.07 Å². The van der Waals surface area contributed by atoms with Crippen LogP contribution in [0.1, 0.15) is 51.9 Å². The normalized spacial score (nSPS) is 19.0. The van der Waals surface area contributed by atoms with E-state index in [4.69, 9.17) is 5.26 Å². The molecule has 1 fully saturated rings. The van der Waals surface area contributed by atoms with Crippen molar-refractivity contribution in [2.24, 2.45) is 0 Å². The van der Waals surface area contributed by atoms with E-state index >= 15 is 0 Å². The fourth-order valence-corrected chi connectivity index (χ4v) is 2.00. The van der Waals surface area contributed by atoms with E-state index < -0.39 is 0 Å². The quantitative estimate of drug-likeness (QED) is 0.743. The molecule has 0 heterocycles. The molecule has 1 aliphatic carbocycles. The summed E-state index contributed by atoms with van der Waals surface area (Å²) in [5, 5.41) is 12.1. The van der Waals surface area contributed by atoms with Crippen LogP contribution in [-0.2, 0) is 0 Å². The molecule has 2 nitrogen and oxygen atoms in total. The lowest BCUT2D eigenvalue weighted by Crippen LogP contribution is -2.30. The minimum Gasteiger partial charge on any atom is -0.386 e. The maximum atomic E-state index is 8.51. The Morgan fingerprint density at radius 2 is 2.14 bits per heavy atom. The Kier molecular flexibility index (Phi) is 5.14. The third-order valence-electron chi connectivity index (χ3n) is 2.85. The van der Waals surface area contributed by atoms with Gasteiger partial charge in [0, 0.05) is 18.2 Å². The first-order chi connectivity index (χ1) is 6.86. The van der Waals surface area contributed by atoms with Crippen molar-refractivity contribution >= 4 is 0 Å². The highest BCUT2D eigenvalue weighted by Crippen LogP contribution is 2.19. The molecule has 0 spiro atoms. The van der Waals surface area contributed by atoms with E-state index in [-0.39, 0.29) is 0 Å². The summed E-state index contributed by atoms with van der Waals surface area (Å²) in [7, 11) is 0. The molecule has 0 atom stereocenters. The molecule has 78 valence electrons. The molecule has 0 aliphatic heterocycles. The zero-order chi connectivity index (χ0) is 10.2. The maximum absolute atomic E-state index is 8.51. The third kappa shape index (κ3) is 3.83. The Morgan fingerprint density at radius 3 is 2.71 bits per heavy atom. The summed E-state index contributed by atoms with van der Waals surface area (Å²) in [6.07, 6.45) is 10.3. The van der Waals surface area contributed by atoms with E-state index in [0.29, 0.717) is 12.5 Å². The lowest BCUT2D eigenvalue weighted by atomic mass is 9.95. The molecule has 0 radical (unpaired) electrons. The van der Waals surface area contributed by atoms with E-state index in [1.807, 2.05) is 6.92 Å². The van der Waals surface area contributed by atoms with Crippen LogP contribution in [0.4, 0.5) is 0 Å². The average Bonchev–Trinajstić information content (AvgIpc) is 2.25. The van der Waals surface area contributed by atoms with Crippen LogP contribution in [0.15, 0.2) is 11.8 Å². The van der Waals surface area contributed by atoms with Gasteiger partial charge in [-0.15, -0.1) is 0 Å². The number of nitriles is 1. The molecule has 1 rings (SSSR count). The van der Waals surface area contributed by atoms with Crippen LogP contribution in [0.25, 0.3) is 0 Å². The Labute approximate surface area is 87.0 Å². The van der Waals surface area contributed by atoms with Gasteiger partial charge in [0.05, 0.1) is 6.07 Å². The van der Waals surface area contributed by atoms with Crippen LogP contribution in [-0.4, -0.2) is 6.04 Å². The largest absolute Gasteiger partial charge is 0.386 e. The average molecular weight is 192 g/mol. The molecule has 1 aliphatic rings. The van der Waals surface area contributed by atoms with Crippen molar-refractivity contribution in [1.82, 2.24) is 5.32 Å². The summed E-state index contributed by atoms with van der Waals surface area (Å²) in [5.74, 6) is 0. The zero-order valence-electron chi connectivity index (χ0n) is 9.05. The summed E-state index contributed by atoms with van der Waals surface area (Å²) < 4.78 is 0. The monoisotopic (exact) mass is 192 g/mol. The van der Waals surface area contributed by atoms with Gasteiger partial charge in [-0.05, 0) is 26.2 Å². The van der Waals surface area contributed by atoms with Gasteiger partial charge in [-0.25, -0.2) is 0 Å². The van der Waals surface area contributed by atoms with Gasteiger partial charge in [0.2, 0.25) is 0 Å². The number of nitrogens with zero attached hydrogens (tertiary/aromatic N) is 1. The molecule has 1 N–H and O–H groups in total. The minimum absolute atomic E-state index is 0.624. The second kappa shape index (κ2) is 6.48. The molecule has 0 aromatic rings. The number of hydrogen-bond donors (Lipinski definition) is 1. The highest BCUT2D eigenvalue weighted by atomic mass is 14.9. The van der Waals surface area contributed by atoms with E-state index in [0.717, 1.165) is 6.42 Å². The predicted octanol–water partition coefficient (Wildman–Crippen LogP) is 3.12. The second-order valence-electron chi connectivity index (χ2n) is 3.95. The summed E-state index contributed by atoms with van der Waals surface area (Å²) in [6, 6.07) is 2.85. The topological polar surface area (TPSA) is 35.8 Å². The lowest BCUT2D eigenvalue weighted by molar-refractivity contribution is 0.393. The molecule has 14 heavy (non-hydrogen) atoms. The minimum atomic E-state index is 0.624. The van der Waals surface area contributed by atoms with Gasteiger partial charge >= 0.3 is 0 Å². The fourth-order valence-electron chi connectivity index (χ4n) is 2.00. The highest BCUT2D eigenvalue weighted by molar-refractivity contribution is 5.01. The molecule has 0 saturated heterocycles. The molecule has 0 aromatic carbocycles. The van der Waals surface area contributed by atoms with Crippen LogP contribution < -0.4 is 5.32 Å². The number of rotatable bonds is 4. The first kappa shape index (κ1) is 11.1. The van der Waals surface area contributed by atoms with Crippen molar-refractivity contribution in [1.29, 1.82) is 5.26 Å². The zero-order valence-corrected chi connectivity index (χ0v) is 9.05. The fraction of sp³-hybridized carbons (Fsp3) is 0.750. The molecular weight excluding hydrogens is 172 g/mol. The summed E-state index contributed by atoms with van der Waals surface area (Å²) in [6.45, 7) is 2.04. The summed E-state index contributed by atoms with van der Waals surface area (Å²) in [5.41, 5.74) is 1.25. The van der Waals surface area contributed by atoms with Crippen LogP contribution in [0.3, 0.4) is 0 Å². The third-order valence-corrected chi connectivity index (χ3v) is 2.85. The van der Waals surface area contributed by atoms with E-state index in [1.54, 1.807) is 0 Å². The van der Waals surface area contributed by atoms with Crippen molar-refractivity contribution in [3.63, 3.8) is 0 Å². The van der Waals surface area contributed by atoms with Crippen molar-refractivity contribution in [2.75, 3.05) is 0 Å². The summed E-state index contributed by atoms with van der Waals surface area (Å²) in [4.78, 5) is 0. The van der Waals surface area contributed by atoms with Gasteiger partial charge < -0.3 is 5.32 Å². The van der Waals surface area contributed by atoms with E-state index in [9.17, 15) is 0 Å².